The smallest absolute Gasteiger partial charge is 0.380 e. The first kappa shape index (κ1) is 52.9. The standard InChI is InChI=1S/C49H58F6O12S2/c1-31-41(33(3)68-45(31)35-5-7-37-39(29-35)66-27-23-62-19-15-58-11-9-56-13-17-60-21-25-64-37)43-44(48(52,53)49(54,55)47(43,50)51)42-32(2)46(69-34(42)4)36-6-8-38-40(30-36)67-28-24-63-20-16-59-12-10-57-14-18-61-22-26-65-38/h5-8,29-30H,9-28H2,1-4H3. The Morgan fingerprint density at radius 1 is 0.362 bits per heavy atom. The van der Waals surface area contributed by atoms with E-state index in [4.69, 9.17) is 56.8 Å². The van der Waals surface area contributed by atoms with Gasteiger partial charge in [0.1, 0.15) is 26.4 Å². The molecule has 69 heavy (non-hydrogen) atoms. The lowest BCUT2D eigenvalue weighted by molar-refractivity contribution is -0.254. The van der Waals surface area contributed by atoms with Gasteiger partial charge in [0.2, 0.25) is 0 Å². The number of rotatable bonds is 4. The van der Waals surface area contributed by atoms with Crippen molar-refractivity contribution in [3.05, 3.63) is 68.4 Å². The van der Waals surface area contributed by atoms with E-state index in [-0.39, 0.29) is 84.9 Å². The van der Waals surface area contributed by atoms with Crippen molar-refractivity contribution in [3.63, 3.8) is 0 Å². The highest BCUT2D eigenvalue weighted by molar-refractivity contribution is 7.16. The van der Waals surface area contributed by atoms with Crippen LogP contribution in [0.2, 0.25) is 0 Å². The van der Waals surface area contributed by atoms with E-state index in [0.717, 1.165) is 22.7 Å². The van der Waals surface area contributed by atoms with Gasteiger partial charge in [-0.2, -0.15) is 26.3 Å². The van der Waals surface area contributed by atoms with Crippen LogP contribution >= 0.6 is 22.7 Å². The monoisotopic (exact) mass is 1020 g/mol. The van der Waals surface area contributed by atoms with Crippen LogP contribution in [0.3, 0.4) is 0 Å². The first-order chi connectivity index (χ1) is 33.3. The lowest BCUT2D eigenvalue weighted by Crippen LogP contribution is -2.49. The summed E-state index contributed by atoms with van der Waals surface area (Å²) in [4.78, 5) is 1.10. The highest BCUT2D eigenvalue weighted by Crippen LogP contribution is 2.67. The van der Waals surface area contributed by atoms with E-state index in [9.17, 15) is 0 Å². The molecule has 0 atom stereocenters. The number of aryl methyl sites for hydroxylation is 2. The van der Waals surface area contributed by atoms with Gasteiger partial charge in [-0.25, -0.2) is 0 Å². The van der Waals surface area contributed by atoms with Gasteiger partial charge < -0.3 is 56.8 Å². The molecule has 2 aromatic carbocycles. The molecule has 0 N–H and O–H groups in total. The number of thiophene rings is 2. The van der Waals surface area contributed by atoms with Crippen LogP contribution in [-0.2, 0) is 37.9 Å². The fourth-order valence-electron chi connectivity index (χ4n) is 8.11. The molecule has 12 nitrogen and oxygen atoms in total. The number of fused-ring (bicyclic) bond motifs is 2. The van der Waals surface area contributed by atoms with Gasteiger partial charge in [0.05, 0.1) is 106 Å². The van der Waals surface area contributed by atoms with Crippen molar-refractivity contribution >= 4 is 33.8 Å². The van der Waals surface area contributed by atoms with Gasteiger partial charge in [0, 0.05) is 41.8 Å². The average Bonchev–Trinajstić information content (AvgIpc) is 3.81. The molecule has 2 aliphatic heterocycles. The summed E-state index contributed by atoms with van der Waals surface area (Å²) in [6.45, 7) is 11.8. The summed E-state index contributed by atoms with van der Waals surface area (Å²) >= 11 is 2.06. The largest absolute Gasteiger partial charge is 0.487 e. The zero-order valence-electron chi connectivity index (χ0n) is 39.1. The van der Waals surface area contributed by atoms with Crippen LogP contribution in [-0.4, -0.2) is 150 Å². The van der Waals surface area contributed by atoms with Gasteiger partial charge in [-0.1, -0.05) is 0 Å². The number of benzene rings is 2. The molecule has 7 rings (SSSR count). The van der Waals surface area contributed by atoms with E-state index in [1.54, 1.807) is 36.4 Å². The Bertz CT molecular complexity index is 2190. The molecule has 0 saturated heterocycles. The number of hydrogen-bond donors (Lipinski definition) is 0. The highest BCUT2D eigenvalue weighted by atomic mass is 32.1. The quantitative estimate of drug-likeness (QED) is 0.182. The molecule has 0 spiro atoms. The van der Waals surface area contributed by atoms with Crippen molar-refractivity contribution in [1.82, 2.24) is 0 Å². The fraction of sp³-hybridized carbons (Fsp3) is 0.551. The Morgan fingerprint density at radius 3 is 0.913 bits per heavy atom. The average molecular weight is 1020 g/mol. The maximum atomic E-state index is 16.5. The van der Waals surface area contributed by atoms with E-state index < -0.39 is 28.9 Å². The predicted octanol–water partition coefficient (Wildman–Crippen LogP) is 9.88. The molecule has 380 valence electrons. The zero-order valence-corrected chi connectivity index (χ0v) is 40.7. The summed E-state index contributed by atoms with van der Waals surface area (Å²) in [7, 11) is 0. The molecular formula is C49H58F6O12S2. The zero-order chi connectivity index (χ0) is 49.0. The maximum Gasteiger partial charge on any atom is 0.380 e. The number of ether oxygens (including phenoxy) is 12. The summed E-state index contributed by atoms with van der Waals surface area (Å²) in [5.74, 6) is -15.0. The molecule has 0 saturated carbocycles. The topological polar surface area (TPSA) is 111 Å². The van der Waals surface area contributed by atoms with Crippen LogP contribution in [0.1, 0.15) is 32.0 Å². The van der Waals surface area contributed by atoms with Crippen LogP contribution in [0.25, 0.3) is 32.0 Å². The highest BCUT2D eigenvalue weighted by Gasteiger charge is 2.80. The number of alkyl halides is 6. The van der Waals surface area contributed by atoms with Crippen molar-refractivity contribution in [2.45, 2.75) is 45.5 Å². The Hall–Kier alpha value is -3.96. The van der Waals surface area contributed by atoms with E-state index in [1.807, 2.05) is 0 Å². The lowest BCUT2D eigenvalue weighted by Gasteiger charge is -2.26. The number of hydrogen-bond acceptors (Lipinski definition) is 14. The van der Waals surface area contributed by atoms with Gasteiger partial charge >= 0.3 is 17.8 Å². The van der Waals surface area contributed by atoms with Crippen LogP contribution in [0.5, 0.6) is 23.0 Å². The third-order valence-corrected chi connectivity index (χ3v) is 13.9. The molecule has 20 heteroatoms. The van der Waals surface area contributed by atoms with Crippen molar-refractivity contribution in [2.24, 2.45) is 0 Å². The minimum atomic E-state index is -5.77. The van der Waals surface area contributed by atoms with Crippen LogP contribution in [0.15, 0.2) is 36.4 Å². The molecule has 0 amide bonds. The van der Waals surface area contributed by atoms with Crippen molar-refractivity contribution in [1.29, 1.82) is 0 Å². The number of halogens is 6. The van der Waals surface area contributed by atoms with Crippen molar-refractivity contribution < 1.29 is 83.2 Å². The molecule has 0 unspecified atom stereocenters. The van der Waals surface area contributed by atoms with Crippen molar-refractivity contribution in [3.8, 4) is 43.9 Å². The van der Waals surface area contributed by atoms with E-state index in [2.05, 4.69) is 0 Å². The first-order valence-corrected chi connectivity index (χ1v) is 24.4. The van der Waals surface area contributed by atoms with Crippen LogP contribution in [0, 0.1) is 27.7 Å². The fourth-order valence-corrected chi connectivity index (χ4v) is 10.4. The van der Waals surface area contributed by atoms with Gasteiger partial charge in [-0.05, 0) is 86.3 Å². The molecule has 2 aromatic heterocycles. The second-order valence-electron chi connectivity index (χ2n) is 16.1. The summed E-state index contributed by atoms with van der Waals surface area (Å²) < 4.78 is 167. The van der Waals surface area contributed by atoms with Gasteiger partial charge in [-0.15, -0.1) is 22.7 Å². The maximum absolute atomic E-state index is 16.5. The molecular weight excluding hydrogens is 959 g/mol. The third kappa shape index (κ3) is 12.2. The second kappa shape index (κ2) is 24.4. The molecule has 0 radical (unpaired) electrons. The van der Waals surface area contributed by atoms with Crippen LogP contribution in [0.4, 0.5) is 26.3 Å². The van der Waals surface area contributed by atoms with E-state index in [0.29, 0.717) is 123 Å². The second-order valence-corrected chi connectivity index (χ2v) is 18.5. The van der Waals surface area contributed by atoms with Gasteiger partial charge in [0.15, 0.2) is 23.0 Å². The summed E-state index contributed by atoms with van der Waals surface area (Å²) in [5, 5.41) is 0. The molecule has 3 aliphatic rings. The van der Waals surface area contributed by atoms with Gasteiger partial charge in [-0.3, -0.25) is 0 Å². The normalized spacial score (nSPS) is 20.9. The minimum absolute atomic E-state index is 0.116. The molecule has 4 aromatic rings. The third-order valence-electron chi connectivity index (χ3n) is 11.4. The van der Waals surface area contributed by atoms with E-state index in [1.165, 1.54) is 27.7 Å². The Labute approximate surface area is 405 Å². The number of allylic oxidation sites excluding steroid dienone is 2. The first-order valence-electron chi connectivity index (χ1n) is 22.8. The minimum Gasteiger partial charge on any atom is -0.487 e. The summed E-state index contributed by atoms with van der Waals surface area (Å²) in [6.07, 6.45) is 0. The Balaban J connectivity index is 1.23. The Morgan fingerprint density at radius 2 is 0.623 bits per heavy atom. The molecule has 0 fully saturated rings. The van der Waals surface area contributed by atoms with Gasteiger partial charge in [0.25, 0.3) is 0 Å². The van der Waals surface area contributed by atoms with Crippen LogP contribution < -0.4 is 18.9 Å². The van der Waals surface area contributed by atoms with E-state index >= 15 is 26.3 Å². The Kier molecular flexibility index (Phi) is 18.7. The SMILES string of the molecule is Cc1sc(-c2ccc3c(c2)OCCOCCOCCOCCOCCO3)c(C)c1C1=C(c2c(C)sc(-c3ccc4c(c3)OCCOCCOCCOCCOCCO4)c2C)C(F)(F)C(F)(F)C1(F)F. The molecule has 4 heterocycles. The molecule has 1 aliphatic carbocycles. The van der Waals surface area contributed by atoms with Crippen molar-refractivity contribution in [2.75, 3.05) is 132 Å². The predicted molar refractivity (Wildman–Crippen MR) is 249 cm³/mol. The lowest BCUT2D eigenvalue weighted by atomic mass is 9.89. The summed E-state index contributed by atoms with van der Waals surface area (Å²) in [5.41, 5.74) is -2.37. The molecule has 0 bridgehead atoms. The summed E-state index contributed by atoms with van der Waals surface area (Å²) in [6, 6.07) is 9.90.